The van der Waals surface area contributed by atoms with Crippen molar-refractivity contribution in [3.63, 3.8) is 0 Å². The Bertz CT molecular complexity index is 333. The quantitative estimate of drug-likeness (QED) is 0.593. The van der Waals surface area contributed by atoms with Crippen LogP contribution in [0, 0.1) is 6.92 Å². The van der Waals surface area contributed by atoms with E-state index < -0.39 is 0 Å². The maximum absolute atomic E-state index is 6.08. The van der Waals surface area contributed by atoms with Gasteiger partial charge in [-0.05, 0) is 43.4 Å². The van der Waals surface area contributed by atoms with Crippen LogP contribution in [0.5, 0.6) is 0 Å². The van der Waals surface area contributed by atoms with E-state index >= 15 is 0 Å². The van der Waals surface area contributed by atoms with E-state index in [1.54, 1.807) is 0 Å². The van der Waals surface area contributed by atoms with Crippen molar-refractivity contribution in [3.05, 3.63) is 47.0 Å². The Hall–Kier alpha value is -0.790. The van der Waals surface area contributed by atoms with Gasteiger partial charge in [0.25, 0.3) is 0 Å². The van der Waals surface area contributed by atoms with Crippen molar-refractivity contribution in [1.29, 1.82) is 0 Å². The van der Waals surface area contributed by atoms with Gasteiger partial charge < -0.3 is 5.73 Å². The fourth-order valence-electron chi connectivity index (χ4n) is 1.55. The van der Waals surface area contributed by atoms with Gasteiger partial charge in [0, 0.05) is 11.1 Å². The van der Waals surface area contributed by atoms with Crippen LogP contribution in [-0.4, -0.2) is 0 Å². The number of allylic oxidation sites excluding steroid dienone is 1. The van der Waals surface area contributed by atoms with E-state index in [4.69, 9.17) is 17.3 Å². The average molecular weight is 224 g/mol. The van der Waals surface area contributed by atoms with Crippen LogP contribution in [0.15, 0.2) is 30.9 Å². The summed E-state index contributed by atoms with van der Waals surface area (Å²) in [5.41, 5.74) is 8.34. The zero-order chi connectivity index (χ0) is 11.3. The van der Waals surface area contributed by atoms with Gasteiger partial charge in [-0.15, -0.1) is 6.58 Å². The van der Waals surface area contributed by atoms with Crippen molar-refractivity contribution in [2.24, 2.45) is 5.73 Å². The highest BCUT2D eigenvalue weighted by molar-refractivity contribution is 6.31. The third-order valence-corrected chi connectivity index (χ3v) is 2.96. The molecule has 0 radical (unpaired) electrons. The Labute approximate surface area is 96.9 Å². The fourth-order valence-corrected chi connectivity index (χ4v) is 1.66. The second kappa shape index (κ2) is 5.94. The number of benzene rings is 1. The number of unbranched alkanes of at least 4 members (excludes halogenated alkanes) is 1. The molecule has 0 spiro atoms. The Morgan fingerprint density at radius 1 is 1.53 bits per heavy atom. The van der Waals surface area contributed by atoms with Crippen molar-refractivity contribution >= 4 is 11.6 Å². The minimum absolute atomic E-state index is 0.112. The monoisotopic (exact) mass is 223 g/mol. The topological polar surface area (TPSA) is 26.0 Å². The number of nitrogens with two attached hydrogens (primary N) is 1. The van der Waals surface area contributed by atoms with Crippen LogP contribution in [0.25, 0.3) is 0 Å². The van der Waals surface area contributed by atoms with Crippen LogP contribution in [0.3, 0.4) is 0 Å². The smallest absolute Gasteiger partial charge is 0.0435 e. The molecule has 1 rings (SSSR count). The van der Waals surface area contributed by atoms with Crippen molar-refractivity contribution in [2.75, 3.05) is 0 Å². The molecule has 1 atom stereocenters. The molecule has 0 aliphatic heterocycles. The standard InChI is InChI=1S/C13H18ClN/c1-3-4-5-6-13(15)11-7-8-12(14)10(2)9-11/h3,7-9,13H,1,4-6,15H2,2H3. The molecule has 0 saturated carbocycles. The zero-order valence-corrected chi connectivity index (χ0v) is 9.93. The first-order valence-corrected chi connectivity index (χ1v) is 5.65. The number of hydrogen-bond donors (Lipinski definition) is 1. The molecule has 1 aromatic carbocycles. The summed E-state index contributed by atoms with van der Waals surface area (Å²) < 4.78 is 0. The van der Waals surface area contributed by atoms with Gasteiger partial charge in [0.2, 0.25) is 0 Å². The van der Waals surface area contributed by atoms with Gasteiger partial charge in [-0.2, -0.15) is 0 Å². The number of hydrogen-bond acceptors (Lipinski definition) is 1. The molecule has 0 saturated heterocycles. The highest BCUT2D eigenvalue weighted by Gasteiger charge is 2.06. The predicted octanol–water partition coefficient (Wildman–Crippen LogP) is 4.00. The van der Waals surface area contributed by atoms with Gasteiger partial charge >= 0.3 is 0 Å². The first kappa shape index (κ1) is 12.3. The molecule has 1 nitrogen and oxygen atoms in total. The first-order valence-electron chi connectivity index (χ1n) is 5.27. The van der Waals surface area contributed by atoms with Crippen LogP contribution < -0.4 is 5.73 Å². The van der Waals surface area contributed by atoms with Crippen LogP contribution in [-0.2, 0) is 0 Å². The van der Waals surface area contributed by atoms with Crippen molar-refractivity contribution < 1.29 is 0 Å². The summed E-state index contributed by atoms with van der Waals surface area (Å²) in [4.78, 5) is 0. The Morgan fingerprint density at radius 2 is 2.27 bits per heavy atom. The van der Waals surface area contributed by atoms with Crippen LogP contribution >= 0.6 is 11.6 Å². The summed E-state index contributed by atoms with van der Waals surface area (Å²) in [5.74, 6) is 0. The van der Waals surface area contributed by atoms with Crippen molar-refractivity contribution in [2.45, 2.75) is 32.2 Å². The maximum Gasteiger partial charge on any atom is 0.0435 e. The minimum atomic E-state index is 0.112. The van der Waals surface area contributed by atoms with E-state index in [1.807, 2.05) is 25.1 Å². The third kappa shape index (κ3) is 3.69. The van der Waals surface area contributed by atoms with Gasteiger partial charge in [-0.25, -0.2) is 0 Å². The SMILES string of the molecule is C=CCCCC(N)c1ccc(Cl)c(C)c1. The summed E-state index contributed by atoms with van der Waals surface area (Å²) in [6.45, 7) is 5.70. The van der Waals surface area contributed by atoms with E-state index in [2.05, 4.69) is 12.6 Å². The van der Waals surface area contributed by atoms with Gasteiger partial charge in [0.15, 0.2) is 0 Å². The number of aryl methyl sites for hydroxylation is 1. The van der Waals surface area contributed by atoms with E-state index in [1.165, 1.54) is 5.56 Å². The molecule has 0 bridgehead atoms. The lowest BCUT2D eigenvalue weighted by molar-refractivity contribution is 0.617. The van der Waals surface area contributed by atoms with Crippen molar-refractivity contribution in [3.8, 4) is 0 Å². The maximum atomic E-state index is 6.08. The summed E-state index contributed by atoms with van der Waals surface area (Å²) in [7, 11) is 0. The highest BCUT2D eigenvalue weighted by Crippen LogP contribution is 2.22. The van der Waals surface area contributed by atoms with Crippen molar-refractivity contribution in [1.82, 2.24) is 0 Å². The van der Waals surface area contributed by atoms with Gasteiger partial charge in [-0.3, -0.25) is 0 Å². The average Bonchev–Trinajstić information content (AvgIpc) is 2.22. The molecular formula is C13H18ClN. The molecule has 2 N–H and O–H groups in total. The molecule has 0 aromatic heterocycles. The molecule has 0 aliphatic carbocycles. The van der Waals surface area contributed by atoms with Gasteiger partial charge in [0.05, 0.1) is 0 Å². The molecule has 0 fully saturated rings. The fraction of sp³-hybridized carbons (Fsp3) is 0.385. The Kier molecular flexibility index (Phi) is 4.86. The minimum Gasteiger partial charge on any atom is -0.324 e. The molecule has 1 unspecified atom stereocenters. The normalized spacial score (nSPS) is 12.5. The predicted molar refractivity (Wildman–Crippen MR) is 67.2 cm³/mol. The lowest BCUT2D eigenvalue weighted by Crippen LogP contribution is -2.10. The van der Waals surface area contributed by atoms with Gasteiger partial charge in [0.1, 0.15) is 0 Å². The van der Waals surface area contributed by atoms with Crippen LogP contribution in [0.4, 0.5) is 0 Å². The molecule has 0 heterocycles. The highest BCUT2D eigenvalue weighted by atomic mass is 35.5. The van der Waals surface area contributed by atoms with E-state index in [9.17, 15) is 0 Å². The zero-order valence-electron chi connectivity index (χ0n) is 9.17. The van der Waals surface area contributed by atoms with E-state index in [0.29, 0.717) is 0 Å². The first-order chi connectivity index (χ1) is 7.15. The largest absolute Gasteiger partial charge is 0.324 e. The molecule has 15 heavy (non-hydrogen) atoms. The second-order valence-corrected chi connectivity index (χ2v) is 4.24. The number of rotatable bonds is 5. The van der Waals surface area contributed by atoms with Crippen LogP contribution in [0.2, 0.25) is 5.02 Å². The molecule has 0 aliphatic rings. The molecular weight excluding hydrogens is 206 g/mol. The van der Waals surface area contributed by atoms with E-state index in [-0.39, 0.29) is 6.04 Å². The molecule has 2 heteroatoms. The summed E-state index contributed by atoms with van der Waals surface area (Å²) in [6.07, 6.45) is 5.04. The molecule has 0 amide bonds. The lowest BCUT2D eigenvalue weighted by atomic mass is 10.0. The Balaban J connectivity index is 2.61. The van der Waals surface area contributed by atoms with Crippen LogP contribution in [0.1, 0.15) is 36.4 Å². The van der Waals surface area contributed by atoms with Gasteiger partial charge in [-0.1, -0.05) is 29.8 Å². The Morgan fingerprint density at radius 3 is 2.87 bits per heavy atom. The molecule has 82 valence electrons. The second-order valence-electron chi connectivity index (χ2n) is 3.83. The van der Waals surface area contributed by atoms with E-state index in [0.717, 1.165) is 29.8 Å². The lowest BCUT2D eigenvalue weighted by Gasteiger charge is -2.12. The summed E-state index contributed by atoms with van der Waals surface area (Å²) in [5, 5.41) is 0.803. The third-order valence-electron chi connectivity index (χ3n) is 2.53. The summed E-state index contributed by atoms with van der Waals surface area (Å²) >= 11 is 5.96. The number of halogens is 1. The molecule has 1 aromatic rings. The summed E-state index contributed by atoms with van der Waals surface area (Å²) in [6, 6.07) is 6.11.